The summed E-state index contributed by atoms with van der Waals surface area (Å²) < 4.78 is 6.46. The summed E-state index contributed by atoms with van der Waals surface area (Å²) in [5.41, 5.74) is 0.275. The van der Waals surface area contributed by atoms with Gasteiger partial charge in [0, 0.05) is 12.7 Å². The van der Waals surface area contributed by atoms with E-state index >= 15 is 0 Å². The summed E-state index contributed by atoms with van der Waals surface area (Å²) >= 11 is 0. The van der Waals surface area contributed by atoms with E-state index in [0.29, 0.717) is 17.6 Å². The fraction of sp³-hybridized carbons (Fsp3) is 0.364. The Morgan fingerprint density at radius 1 is 1.53 bits per heavy atom. The number of carbonyl (C=O) groups is 1. The van der Waals surface area contributed by atoms with Gasteiger partial charge in [-0.05, 0) is 13.8 Å². The van der Waals surface area contributed by atoms with Crippen LogP contribution >= 0.6 is 0 Å². The van der Waals surface area contributed by atoms with Gasteiger partial charge in [-0.25, -0.2) is 9.48 Å². The molecule has 17 heavy (non-hydrogen) atoms. The molecule has 0 atom stereocenters. The second-order valence-electron chi connectivity index (χ2n) is 3.47. The van der Waals surface area contributed by atoms with Gasteiger partial charge in [-0.2, -0.15) is 5.10 Å². The Bertz CT molecular complexity index is 612. The molecule has 0 amide bonds. The average Bonchev–Trinajstić information content (AvgIpc) is 2.73. The van der Waals surface area contributed by atoms with E-state index in [4.69, 9.17) is 4.74 Å². The quantitative estimate of drug-likeness (QED) is 0.802. The second kappa shape index (κ2) is 4.40. The first-order chi connectivity index (χ1) is 8.19. The molecule has 90 valence electrons. The largest absolute Gasteiger partial charge is 0.462 e. The van der Waals surface area contributed by atoms with Crippen molar-refractivity contribution < 1.29 is 9.53 Å². The van der Waals surface area contributed by atoms with E-state index < -0.39 is 5.97 Å². The molecule has 0 spiro atoms. The highest BCUT2D eigenvalue weighted by Crippen LogP contribution is 2.07. The highest BCUT2D eigenvalue weighted by atomic mass is 16.5. The van der Waals surface area contributed by atoms with Gasteiger partial charge < -0.3 is 9.72 Å². The van der Waals surface area contributed by atoms with Crippen LogP contribution in [0, 0.1) is 0 Å². The molecule has 2 aromatic rings. The number of nitrogens with one attached hydrogen (secondary N) is 1. The predicted octanol–water partition coefficient (Wildman–Crippen LogP) is 0.921. The van der Waals surface area contributed by atoms with Crippen LogP contribution in [-0.4, -0.2) is 27.3 Å². The molecule has 0 aliphatic carbocycles. The minimum absolute atomic E-state index is 0.00926. The number of hydrogen-bond acceptors (Lipinski definition) is 4. The highest BCUT2D eigenvalue weighted by molar-refractivity contribution is 5.92. The molecule has 0 aliphatic heterocycles. The summed E-state index contributed by atoms with van der Waals surface area (Å²) in [4.78, 5) is 26.4. The van der Waals surface area contributed by atoms with E-state index in [0.717, 1.165) is 0 Å². The van der Waals surface area contributed by atoms with E-state index in [9.17, 15) is 9.59 Å². The molecule has 1 N–H and O–H groups in total. The van der Waals surface area contributed by atoms with Crippen molar-refractivity contribution in [3.05, 3.63) is 28.2 Å². The monoisotopic (exact) mass is 235 g/mol. The number of rotatable bonds is 3. The number of hydrogen-bond donors (Lipinski definition) is 1. The lowest BCUT2D eigenvalue weighted by molar-refractivity contribution is 0.0524. The fourth-order valence-electron chi connectivity index (χ4n) is 1.66. The van der Waals surface area contributed by atoms with Gasteiger partial charge in [-0.1, -0.05) is 0 Å². The number of esters is 1. The molecule has 2 aromatic heterocycles. The van der Waals surface area contributed by atoms with Gasteiger partial charge in [0.2, 0.25) is 5.43 Å². The molecule has 0 saturated heterocycles. The molecule has 6 nitrogen and oxygen atoms in total. The minimum atomic E-state index is -0.611. The predicted molar refractivity (Wildman–Crippen MR) is 62.0 cm³/mol. The molecule has 0 aromatic carbocycles. The van der Waals surface area contributed by atoms with Crippen molar-refractivity contribution in [2.45, 2.75) is 20.4 Å². The molecule has 2 heterocycles. The van der Waals surface area contributed by atoms with Crippen molar-refractivity contribution in [3.63, 3.8) is 0 Å². The summed E-state index contributed by atoms with van der Waals surface area (Å²) in [7, 11) is 0. The van der Waals surface area contributed by atoms with Gasteiger partial charge in [0.15, 0.2) is 0 Å². The van der Waals surface area contributed by atoms with Crippen LogP contribution in [0.2, 0.25) is 0 Å². The Balaban J connectivity index is 2.59. The lowest BCUT2D eigenvalue weighted by Gasteiger charge is -2.02. The second-order valence-corrected chi connectivity index (χ2v) is 3.47. The Labute approximate surface area is 97.2 Å². The molecule has 0 saturated carbocycles. The fourth-order valence-corrected chi connectivity index (χ4v) is 1.66. The number of aromatic nitrogens is 3. The topological polar surface area (TPSA) is 77.0 Å². The van der Waals surface area contributed by atoms with Gasteiger partial charge in [0.25, 0.3) is 0 Å². The van der Waals surface area contributed by atoms with Crippen LogP contribution in [-0.2, 0) is 11.3 Å². The highest BCUT2D eigenvalue weighted by Gasteiger charge is 2.15. The number of H-pyrrole nitrogens is 1. The molecule has 0 unspecified atom stereocenters. The van der Waals surface area contributed by atoms with Crippen LogP contribution in [0.1, 0.15) is 24.2 Å². The number of aromatic amines is 1. The molecule has 0 radical (unpaired) electrons. The molecular formula is C11H13N3O3. The van der Waals surface area contributed by atoms with Crippen molar-refractivity contribution >= 4 is 17.0 Å². The number of nitrogens with zero attached hydrogens (tertiary/aromatic N) is 2. The molecule has 2 rings (SSSR count). The van der Waals surface area contributed by atoms with Crippen LogP contribution in [0.3, 0.4) is 0 Å². The Hall–Kier alpha value is -2.11. The maximum atomic E-state index is 12.0. The van der Waals surface area contributed by atoms with Crippen molar-refractivity contribution in [1.29, 1.82) is 0 Å². The number of aryl methyl sites for hydroxylation is 1. The normalized spacial score (nSPS) is 10.7. The Morgan fingerprint density at radius 3 is 2.94 bits per heavy atom. The third-order valence-corrected chi connectivity index (χ3v) is 2.48. The van der Waals surface area contributed by atoms with Gasteiger partial charge in [0.05, 0.1) is 18.2 Å². The number of fused-ring (bicyclic) bond motifs is 1. The zero-order valence-electron chi connectivity index (χ0n) is 9.69. The first-order valence-electron chi connectivity index (χ1n) is 5.43. The van der Waals surface area contributed by atoms with E-state index in [1.54, 1.807) is 11.6 Å². The van der Waals surface area contributed by atoms with Crippen LogP contribution in [0.25, 0.3) is 11.0 Å². The standard InChI is InChI=1S/C11H13N3O3/c1-3-14-10-7(6-13-14)9(15)8(5-12-10)11(16)17-4-2/h5-6H,3-4H2,1-2H3,(H,12,15). The van der Waals surface area contributed by atoms with Crippen molar-refractivity contribution in [2.24, 2.45) is 0 Å². The first kappa shape index (κ1) is 11.4. The third kappa shape index (κ3) is 1.82. The number of carbonyl (C=O) groups excluding carboxylic acids is 1. The van der Waals surface area contributed by atoms with Crippen LogP contribution in [0.4, 0.5) is 0 Å². The van der Waals surface area contributed by atoms with Crippen LogP contribution in [0.15, 0.2) is 17.2 Å². The minimum Gasteiger partial charge on any atom is -0.462 e. The SMILES string of the molecule is CCOC(=O)c1c[nH]c2c(cnn2CC)c1=O. The van der Waals surface area contributed by atoms with Gasteiger partial charge in [-0.15, -0.1) is 0 Å². The van der Waals surface area contributed by atoms with E-state index in [1.807, 2.05) is 6.92 Å². The maximum absolute atomic E-state index is 12.0. The number of ether oxygens (including phenoxy) is 1. The lowest BCUT2D eigenvalue weighted by atomic mass is 10.2. The van der Waals surface area contributed by atoms with E-state index in [-0.39, 0.29) is 17.6 Å². The molecular weight excluding hydrogens is 222 g/mol. The Morgan fingerprint density at radius 2 is 2.29 bits per heavy atom. The van der Waals surface area contributed by atoms with E-state index in [2.05, 4.69) is 10.1 Å². The Kier molecular flexibility index (Phi) is 2.95. The van der Waals surface area contributed by atoms with Crippen LogP contribution < -0.4 is 5.43 Å². The lowest BCUT2D eigenvalue weighted by Crippen LogP contribution is -2.18. The molecule has 0 aliphatic rings. The first-order valence-corrected chi connectivity index (χ1v) is 5.43. The van der Waals surface area contributed by atoms with Crippen molar-refractivity contribution in [2.75, 3.05) is 6.61 Å². The van der Waals surface area contributed by atoms with E-state index in [1.165, 1.54) is 12.4 Å². The molecule has 0 fully saturated rings. The zero-order chi connectivity index (χ0) is 12.4. The van der Waals surface area contributed by atoms with Gasteiger partial charge >= 0.3 is 5.97 Å². The van der Waals surface area contributed by atoms with Crippen molar-refractivity contribution in [3.8, 4) is 0 Å². The summed E-state index contributed by atoms with van der Waals surface area (Å²) in [5, 5.41) is 4.45. The summed E-state index contributed by atoms with van der Waals surface area (Å²) in [6, 6.07) is 0. The zero-order valence-corrected chi connectivity index (χ0v) is 9.69. The molecule has 6 heteroatoms. The average molecular weight is 235 g/mol. The summed E-state index contributed by atoms with van der Waals surface area (Å²) in [6.45, 7) is 4.51. The summed E-state index contributed by atoms with van der Waals surface area (Å²) in [5.74, 6) is -0.611. The number of pyridine rings is 1. The van der Waals surface area contributed by atoms with Gasteiger partial charge in [0.1, 0.15) is 11.2 Å². The van der Waals surface area contributed by atoms with Crippen LogP contribution in [0.5, 0.6) is 0 Å². The smallest absolute Gasteiger partial charge is 0.343 e. The van der Waals surface area contributed by atoms with Crippen molar-refractivity contribution in [1.82, 2.24) is 14.8 Å². The summed E-state index contributed by atoms with van der Waals surface area (Å²) in [6.07, 6.45) is 2.83. The molecule has 0 bridgehead atoms. The van der Waals surface area contributed by atoms with Gasteiger partial charge in [-0.3, -0.25) is 4.79 Å². The maximum Gasteiger partial charge on any atom is 0.343 e. The third-order valence-electron chi connectivity index (χ3n) is 2.48.